The Balaban J connectivity index is 2.34. The lowest BCUT2D eigenvalue weighted by atomic mass is 9.97. The van der Waals surface area contributed by atoms with Crippen molar-refractivity contribution in [3.05, 3.63) is 33.3 Å². The smallest absolute Gasteiger partial charge is 0.0854 e. The third-order valence-electron chi connectivity index (χ3n) is 3.33. The molecular formula is C14H19BrN2. The van der Waals surface area contributed by atoms with Gasteiger partial charge in [-0.1, -0.05) is 35.8 Å². The second-order valence-electron chi connectivity index (χ2n) is 4.36. The molecule has 0 spiro atoms. The van der Waals surface area contributed by atoms with E-state index < -0.39 is 0 Å². The maximum Gasteiger partial charge on any atom is 0.0854 e. The zero-order valence-electron chi connectivity index (χ0n) is 10.5. The van der Waals surface area contributed by atoms with Crippen molar-refractivity contribution in [2.24, 2.45) is 4.99 Å². The standard InChI is InChI=1S/C14H19BrN2/c1-3-11-5-6-14(15)12(4-2)13(11)9-17-8-7-16-10-17/h5-6,10H,3-4,7-9H2,1-2H3. The number of hydrogen-bond donors (Lipinski definition) is 0. The number of nitrogens with zero attached hydrogens (tertiary/aromatic N) is 2. The molecule has 3 heteroatoms. The topological polar surface area (TPSA) is 15.6 Å². The van der Waals surface area contributed by atoms with E-state index in [1.807, 2.05) is 6.34 Å². The summed E-state index contributed by atoms with van der Waals surface area (Å²) in [6.45, 7) is 7.44. The van der Waals surface area contributed by atoms with E-state index in [2.05, 4.69) is 51.8 Å². The largest absolute Gasteiger partial charge is 0.357 e. The second kappa shape index (κ2) is 5.67. The predicted octanol–water partition coefficient (Wildman–Crippen LogP) is 3.42. The molecule has 1 aromatic carbocycles. The molecule has 17 heavy (non-hydrogen) atoms. The third kappa shape index (κ3) is 2.71. The maximum atomic E-state index is 4.28. The van der Waals surface area contributed by atoms with E-state index in [-0.39, 0.29) is 0 Å². The Morgan fingerprint density at radius 2 is 2.06 bits per heavy atom. The average molecular weight is 295 g/mol. The van der Waals surface area contributed by atoms with Gasteiger partial charge in [0.25, 0.3) is 0 Å². The maximum absolute atomic E-state index is 4.28. The van der Waals surface area contributed by atoms with Crippen LogP contribution in [0.5, 0.6) is 0 Å². The minimum atomic E-state index is 0.941. The highest BCUT2D eigenvalue weighted by Crippen LogP contribution is 2.26. The number of halogens is 1. The van der Waals surface area contributed by atoms with Gasteiger partial charge in [0.05, 0.1) is 12.9 Å². The Morgan fingerprint density at radius 1 is 1.24 bits per heavy atom. The summed E-state index contributed by atoms with van der Waals surface area (Å²) < 4.78 is 1.24. The van der Waals surface area contributed by atoms with Gasteiger partial charge in [-0.2, -0.15) is 0 Å². The van der Waals surface area contributed by atoms with E-state index in [9.17, 15) is 0 Å². The van der Waals surface area contributed by atoms with Crippen LogP contribution in [0.1, 0.15) is 30.5 Å². The van der Waals surface area contributed by atoms with Gasteiger partial charge in [-0.25, -0.2) is 0 Å². The molecule has 1 heterocycles. The molecule has 2 nitrogen and oxygen atoms in total. The zero-order chi connectivity index (χ0) is 12.3. The van der Waals surface area contributed by atoms with Gasteiger partial charge < -0.3 is 4.90 Å². The number of hydrogen-bond acceptors (Lipinski definition) is 2. The first kappa shape index (κ1) is 12.6. The normalized spacial score (nSPS) is 14.6. The molecule has 0 fully saturated rings. The van der Waals surface area contributed by atoms with Crippen LogP contribution in [0.15, 0.2) is 21.6 Å². The van der Waals surface area contributed by atoms with E-state index in [0.717, 1.165) is 32.5 Å². The van der Waals surface area contributed by atoms with E-state index in [0.29, 0.717) is 0 Å². The fraction of sp³-hybridized carbons (Fsp3) is 0.500. The molecule has 1 aliphatic heterocycles. The summed E-state index contributed by atoms with van der Waals surface area (Å²) in [7, 11) is 0. The molecule has 0 unspecified atom stereocenters. The molecule has 0 amide bonds. The summed E-state index contributed by atoms with van der Waals surface area (Å²) in [5.74, 6) is 0. The average Bonchev–Trinajstić information content (AvgIpc) is 2.83. The lowest BCUT2D eigenvalue weighted by Crippen LogP contribution is -2.21. The lowest BCUT2D eigenvalue weighted by Gasteiger charge is -2.20. The number of aliphatic imine (C=N–C) groups is 1. The van der Waals surface area contributed by atoms with Gasteiger partial charge >= 0.3 is 0 Å². The summed E-state index contributed by atoms with van der Waals surface area (Å²) in [4.78, 5) is 6.59. The van der Waals surface area contributed by atoms with Gasteiger partial charge in [0, 0.05) is 17.6 Å². The third-order valence-corrected chi connectivity index (χ3v) is 4.07. The van der Waals surface area contributed by atoms with Crippen LogP contribution in [0.25, 0.3) is 0 Å². The predicted molar refractivity (Wildman–Crippen MR) is 76.7 cm³/mol. The van der Waals surface area contributed by atoms with Crippen LogP contribution in [0.3, 0.4) is 0 Å². The SMILES string of the molecule is CCc1ccc(Br)c(CC)c1CN1C=NCC1. The summed E-state index contributed by atoms with van der Waals surface area (Å²) in [5.41, 5.74) is 4.40. The van der Waals surface area contributed by atoms with Crippen LogP contribution in [0.4, 0.5) is 0 Å². The van der Waals surface area contributed by atoms with Crippen molar-refractivity contribution in [3.63, 3.8) is 0 Å². The molecule has 0 bridgehead atoms. The van der Waals surface area contributed by atoms with Crippen molar-refractivity contribution in [1.82, 2.24) is 4.90 Å². The monoisotopic (exact) mass is 294 g/mol. The lowest BCUT2D eigenvalue weighted by molar-refractivity contribution is 0.459. The van der Waals surface area contributed by atoms with Crippen molar-refractivity contribution in [2.45, 2.75) is 33.2 Å². The Hall–Kier alpha value is -0.830. The molecule has 0 atom stereocenters. The summed E-state index contributed by atoms with van der Waals surface area (Å²) in [5, 5.41) is 0. The molecule has 0 radical (unpaired) electrons. The fourth-order valence-corrected chi connectivity index (χ4v) is 3.02. The molecule has 92 valence electrons. The minimum absolute atomic E-state index is 0.941. The molecule has 0 saturated heterocycles. The van der Waals surface area contributed by atoms with E-state index in [1.165, 1.54) is 21.2 Å². The highest BCUT2D eigenvalue weighted by atomic mass is 79.9. The van der Waals surface area contributed by atoms with Gasteiger partial charge in [0.2, 0.25) is 0 Å². The van der Waals surface area contributed by atoms with E-state index in [4.69, 9.17) is 0 Å². The molecule has 2 rings (SSSR count). The Bertz CT molecular complexity index is 426. The van der Waals surface area contributed by atoms with Crippen molar-refractivity contribution in [1.29, 1.82) is 0 Å². The van der Waals surface area contributed by atoms with Gasteiger partial charge in [-0.15, -0.1) is 0 Å². The molecule has 1 aromatic rings. The van der Waals surface area contributed by atoms with Crippen LogP contribution in [0.2, 0.25) is 0 Å². The Labute approximate surface area is 112 Å². The quantitative estimate of drug-likeness (QED) is 0.831. The number of aryl methyl sites for hydroxylation is 1. The zero-order valence-corrected chi connectivity index (χ0v) is 12.1. The minimum Gasteiger partial charge on any atom is -0.357 e. The Kier molecular flexibility index (Phi) is 4.21. The highest BCUT2D eigenvalue weighted by Gasteiger charge is 2.14. The highest BCUT2D eigenvalue weighted by molar-refractivity contribution is 9.10. The van der Waals surface area contributed by atoms with Gasteiger partial charge in [0.1, 0.15) is 0 Å². The van der Waals surface area contributed by atoms with E-state index in [1.54, 1.807) is 0 Å². The van der Waals surface area contributed by atoms with Gasteiger partial charge in [-0.05, 0) is 35.6 Å². The summed E-state index contributed by atoms with van der Waals surface area (Å²) in [6, 6.07) is 4.42. The van der Waals surface area contributed by atoms with Crippen molar-refractivity contribution in [3.8, 4) is 0 Å². The first-order chi connectivity index (χ1) is 8.26. The van der Waals surface area contributed by atoms with Gasteiger partial charge in [-0.3, -0.25) is 4.99 Å². The second-order valence-corrected chi connectivity index (χ2v) is 5.22. The molecule has 1 aliphatic rings. The van der Waals surface area contributed by atoms with E-state index >= 15 is 0 Å². The van der Waals surface area contributed by atoms with Crippen LogP contribution < -0.4 is 0 Å². The van der Waals surface area contributed by atoms with Crippen LogP contribution in [-0.2, 0) is 19.4 Å². The summed E-state index contributed by atoms with van der Waals surface area (Å²) >= 11 is 3.67. The van der Waals surface area contributed by atoms with Crippen LogP contribution >= 0.6 is 15.9 Å². The van der Waals surface area contributed by atoms with Crippen LogP contribution in [-0.4, -0.2) is 24.3 Å². The molecule has 0 aliphatic carbocycles. The summed E-state index contributed by atoms with van der Waals surface area (Å²) in [6.07, 6.45) is 4.16. The first-order valence-corrected chi connectivity index (χ1v) is 7.08. The molecular weight excluding hydrogens is 276 g/mol. The number of rotatable bonds is 4. The fourth-order valence-electron chi connectivity index (χ4n) is 2.36. The number of benzene rings is 1. The van der Waals surface area contributed by atoms with Crippen LogP contribution in [0, 0.1) is 0 Å². The van der Waals surface area contributed by atoms with Crippen molar-refractivity contribution < 1.29 is 0 Å². The molecule has 0 saturated carbocycles. The van der Waals surface area contributed by atoms with Crippen molar-refractivity contribution in [2.75, 3.05) is 13.1 Å². The first-order valence-electron chi connectivity index (χ1n) is 6.29. The molecule has 0 N–H and O–H groups in total. The Morgan fingerprint density at radius 3 is 2.65 bits per heavy atom. The van der Waals surface area contributed by atoms with Crippen molar-refractivity contribution >= 4 is 22.3 Å². The van der Waals surface area contributed by atoms with Gasteiger partial charge in [0.15, 0.2) is 0 Å². The molecule has 0 aromatic heterocycles.